The Balaban J connectivity index is 2.26. The van der Waals surface area contributed by atoms with Crippen LogP contribution >= 0.6 is 0 Å². The van der Waals surface area contributed by atoms with Crippen molar-refractivity contribution < 1.29 is 22.8 Å². The van der Waals surface area contributed by atoms with Crippen molar-refractivity contribution in [2.24, 2.45) is 11.8 Å². The van der Waals surface area contributed by atoms with Crippen molar-refractivity contribution >= 4 is 11.8 Å². The van der Waals surface area contributed by atoms with Crippen LogP contribution in [-0.2, 0) is 9.59 Å². The van der Waals surface area contributed by atoms with E-state index in [9.17, 15) is 22.8 Å². The summed E-state index contributed by atoms with van der Waals surface area (Å²) in [5, 5.41) is 4.06. The summed E-state index contributed by atoms with van der Waals surface area (Å²) in [6.07, 6.45) is -4.48. The zero-order chi connectivity index (χ0) is 10.5. The molecule has 0 saturated carbocycles. The van der Waals surface area contributed by atoms with Gasteiger partial charge in [-0.1, -0.05) is 0 Å². The lowest BCUT2D eigenvalue weighted by Gasteiger charge is -2.18. The van der Waals surface area contributed by atoms with Crippen molar-refractivity contribution in [1.82, 2.24) is 10.6 Å². The summed E-state index contributed by atoms with van der Waals surface area (Å²) >= 11 is 0. The van der Waals surface area contributed by atoms with Crippen LogP contribution in [0.2, 0.25) is 0 Å². The Bertz CT molecular complexity index is 302. The summed E-state index contributed by atoms with van der Waals surface area (Å²) in [6.45, 7) is -0.0909. The lowest BCUT2D eigenvalue weighted by Crippen LogP contribution is -2.45. The molecule has 14 heavy (non-hydrogen) atoms. The molecule has 0 bridgehead atoms. The number of halogens is 3. The fraction of sp³-hybridized carbons (Fsp3) is 0.714. The highest BCUT2D eigenvalue weighted by Gasteiger charge is 2.59. The van der Waals surface area contributed by atoms with E-state index in [0.717, 1.165) is 0 Å². The van der Waals surface area contributed by atoms with E-state index in [2.05, 4.69) is 5.32 Å². The Kier molecular flexibility index (Phi) is 1.82. The van der Waals surface area contributed by atoms with Crippen molar-refractivity contribution in [3.63, 3.8) is 0 Å². The van der Waals surface area contributed by atoms with Crippen molar-refractivity contribution in [3.05, 3.63) is 0 Å². The van der Waals surface area contributed by atoms with Crippen molar-refractivity contribution in [2.45, 2.75) is 12.2 Å². The molecule has 0 radical (unpaired) electrons. The van der Waals surface area contributed by atoms with Gasteiger partial charge in [-0.25, -0.2) is 0 Å². The molecule has 2 saturated heterocycles. The Morgan fingerprint density at radius 3 is 2.43 bits per heavy atom. The van der Waals surface area contributed by atoms with E-state index in [1.165, 1.54) is 0 Å². The number of carbonyl (C=O) groups is 2. The predicted molar refractivity (Wildman–Crippen MR) is 38.0 cm³/mol. The number of alkyl halides is 3. The Morgan fingerprint density at radius 1 is 1.21 bits per heavy atom. The largest absolute Gasteiger partial charge is 0.404 e. The van der Waals surface area contributed by atoms with Crippen LogP contribution in [-0.4, -0.2) is 30.6 Å². The summed E-state index contributed by atoms with van der Waals surface area (Å²) in [5.41, 5.74) is 0. The molecule has 2 N–H and O–H groups in total. The molecule has 0 aromatic rings. The van der Waals surface area contributed by atoms with Crippen LogP contribution in [0.4, 0.5) is 13.2 Å². The molecule has 2 heterocycles. The summed E-state index contributed by atoms with van der Waals surface area (Å²) < 4.78 is 37.0. The molecule has 0 aromatic heterocycles. The minimum absolute atomic E-state index is 0.0909. The molecule has 3 atom stereocenters. The second kappa shape index (κ2) is 2.69. The van der Waals surface area contributed by atoms with Gasteiger partial charge in [0.15, 0.2) is 0 Å². The van der Waals surface area contributed by atoms with E-state index >= 15 is 0 Å². The van der Waals surface area contributed by atoms with E-state index in [0.29, 0.717) is 0 Å². The van der Waals surface area contributed by atoms with Gasteiger partial charge in [0.2, 0.25) is 11.8 Å². The minimum atomic E-state index is -4.48. The number of carbonyl (C=O) groups excluding carboxylic acids is 2. The zero-order valence-corrected chi connectivity index (χ0v) is 6.89. The van der Waals surface area contributed by atoms with E-state index in [4.69, 9.17) is 0 Å². The molecule has 7 heteroatoms. The van der Waals surface area contributed by atoms with Gasteiger partial charge in [0.05, 0.1) is 11.8 Å². The quantitative estimate of drug-likeness (QED) is 0.523. The van der Waals surface area contributed by atoms with Crippen LogP contribution in [0.25, 0.3) is 0 Å². The maximum Gasteiger partial charge on any atom is 0.404 e. The molecule has 0 unspecified atom stereocenters. The number of nitrogens with one attached hydrogen (secondary N) is 2. The molecule has 2 fully saturated rings. The average Bonchev–Trinajstić information content (AvgIpc) is 2.53. The fourth-order valence-electron chi connectivity index (χ4n) is 1.95. The van der Waals surface area contributed by atoms with E-state index in [-0.39, 0.29) is 6.54 Å². The second-order valence-electron chi connectivity index (χ2n) is 3.41. The van der Waals surface area contributed by atoms with Gasteiger partial charge in [-0.3, -0.25) is 14.9 Å². The zero-order valence-electron chi connectivity index (χ0n) is 6.89. The lowest BCUT2D eigenvalue weighted by molar-refractivity contribution is -0.165. The van der Waals surface area contributed by atoms with Crippen molar-refractivity contribution in [1.29, 1.82) is 0 Å². The molecule has 2 amide bonds. The van der Waals surface area contributed by atoms with Gasteiger partial charge in [0.25, 0.3) is 0 Å². The molecular weight excluding hydrogens is 201 g/mol. The molecule has 2 rings (SSSR count). The molecule has 2 aliphatic rings. The highest BCUT2D eigenvalue weighted by atomic mass is 19.4. The third-order valence-electron chi connectivity index (χ3n) is 2.59. The van der Waals surface area contributed by atoms with Gasteiger partial charge < -0.3 is 5.32 Å². The lowest BCUT2D eigenvalue weighted by atomic mass is 9.93. The number of rotatable bonds is 0. The minimum Gasteiger partial charge on any atom is -0.305 e. The predicted octanol–water partition coefficient (Wildman–Crippen LogP) is -0.591. The normalized spacial score (nSPS) is 37.2. The van der Waals surface area contributed by atoms with Crippen molar-refractivity contribution in [2.75, 3.05) is 6.54 Å². The first-order valence-electron chi connectivity index (χ1n) is 4.06. The number of fused-ring (bicyclic) bond motifs is 1. The maximum absolute atomic E-state index is 12.3. The maximum atomic E-state index is 12.3. The number of hydrogen-bond donors (Lipinski definition) is 2. The first kappa shape index (κ1) is 9.45. The van der Waals surface area contributed by atoms with Crippen LogP contribution in [0.5, 0.6) is 0 Å². The Morgan fingerprint density at radius 2 is 1.86 bits per heavy atom. The van der Waals surface area contributed by atoms with Crippen LogP contribution < -0.4 is 10.6 Å². The van der Waals surface area contributed by atoms with Gasteiger partial charge in [-0.05, 0) is 0 Å². The molecule has 2 aliphatic heterocycles. The fourth-order valence-corrected chi connectivity index (χ4v) is 1.95. The Labute approximate surface area is 76.8 Å². The van der Waals surface area contributed by atoms with Crippen LogP contribution in [0.3, 0.4) is 0 Å². The topological polar surface area (TPSA) is 58.2 Å². The number of hydrogen-bond acceptors (Lipinski definition) is 3. The van der Waals surface area contributed by atoms with Crippen LogP contribution in [0.1, 0.15) is 0 Å². The van der Waals surface area contributed by atoms with Gasteiger partial charge in [0, 0.05) is 6.54 Å². The summed E-state index contributed by atoms with van der Waals surface area (Å²) in [5.74, 6) is -3.59. The van der Waals surface area contributed by atoms with E-state index < -0.39 is 35.9 Å². The summed E-state index contributed by atoms with van der Waals surface area (Å²) in [7, 11) is 0. The molecule has 4 nitrogen and oxygen atoms in total. The number of amides is 2. The van der Waals surface area contributed by atoms with Crippen molar-refractivity contribution in [3.8, 4) is 0 Å². The second-order valence-corrected chi connectivity index (χ2v) is 3.41. The van der Waals surface area contributed by atoms with E-state index in [1.54, 1.807) is 0 Å². The smallest absolute Gasteiger partial charge is 0.305 e. The standard InChI is InChI=1S/C7H7F3N2O2/c8-7(9,10)4-3-2(1-11-4)5(13)12-6(3)14/h2-4,11H,1H2,(H,12,13,14)/t2-,3+,4-/m0/s1. The average molecular weight is 208 g/mol. The van der Waals surface area contributed by atoms with E-state index in [1.807, 2.05) is 5.32 Å². The molecule has 0 aliphatic carbocycles. The third kappa shape index (κ3) is 1.19. The highest BCUT2D eigenvalue weighted by molar-refractivity contribution is 6.06. The summed E-state index contributed by atoms with van der Waals surface area (Å²) in [6, 6.07) is -1.89. The first-order chi connectivity index (χ1) is 6.41. The third-order valence-corrected chi connectivity index (χ3v) is 2.59. The SMILES string of the molecule is O=C1NC(=O)[C@H]2CN[C@H](C(F)(F)F)[C@H]12. The van der Waals surface area contributed by atoms with Gasteiger partial charge in [-0.2, -0.15) is 13.2 Å². The highest BCUT2D eigenvalue weighted by Crippen LogP contribution is 2.36. The molecule has 0 spiro atoms. The Hall–Kier alpha value is -1.11. The van der Waals surface area contributed by atoms with Gasteiger partial charge in [-0.15, -0.1) is 0 Å². The molecular formula is C7H7F3N2O2. The van der Waals surface area contributed by atoms with Gasteiger partial charge >= 0.3 is 6.18 Å². The van der Waals surface area contributed by atoms with Crippen LogP contribution in [0.15, 0.2) is 0 Å². The first-order valence-corrected chi connectivity index (χ1v) is 4.06. The van der Waals surface area contributed by atoms with Crippen LogP contribution in [0, 0.1) is 11.8 Å². The molecule has 0 aromatic carbocycles. The molecule has 78 valence electrons. The summed E-state index contributed by atoms with van der Waals surface area (Å²) in [4.78, 5) is 22.1. The number of imide groups is 1. The monoisotopic (exact) mass is 208 g/mol. The van der Waals surface area contributed by atoms with Gasteiger partial charge in [0.1, 0.15) is 6.04 Å².